The van der Waals surface area contributed by atoms with E-state index in [4.69, 9.17) is 16.3 Å². The van der Waals surface area contributed by atoms with Crippen LogP contribution in [0.5, 0.6) is 0 Å². The van der Waals surface area contributed by atoms with Crippen molar-refractivity contribution in [2.75, 3.05) is 26.8 Å². The highest BCUT2D eigenvalue weighted by atomic mass is 35.5. The van der Waals surface area contributed by atoms with Gasteiger partial charge in [0.25, 0.3) is 0 Å². The van der Waals surface area contributed by atoms with Crippen LogP contribution in [0.3, 0.4) is 0 Å². The number of urea groups is 1. The highest BCUT2D eigenvalue weighted by Crippen LogP contribution is 2.25. The first kappa shape index (κ1) is 18.0. The lowest BCUT2D eigenvalue weighted by Gasteiger charge is -2.27. The molecular formula is C17H25ClN2O3. The SMILES string of the molecule is CO[C@H](c1ccc(Cl)cc1)[C@H](C)NC(=O)N1C[C@@H](CO)[C@H](C)C1. The molecule has 2 N–H and O–H groups in total. The highest BCUT2D eigenvalue weighted by molar-refractivity contribution is 6.30. The number of carbonyl (C=O) groups excluding carboxylic acids is 1. The van der Waals surface area contributed by atoms with Gasteiger partial charge in [-0.3, -0.25) is 0 Å². The number of benzene rings is 1. The molecule has 1 fully saturated rings. The summed E-state index contributed by atoms with van der Waals surface area (Å²) in [6.07, 6.45) is -0.245. The lowest BCUT2D eigenvalue weighted by molar-refractivity contribution is 0.0740. The monoisotopic (exact) mass is 340 g/mol. The van der Waals surface area contributed by atoms with E-state index in [2.05, 4.69) is 12.2 Å². The molecule has 5 nitrogen and oxygen atoms in total. The number of nitrogens with one attached hydrogen (secondary N) is 1. The van der Waals surface area contributed by atoms with Gasteiger partial charge in [-0.25, -0.2) is 4.79 Å². The highest BCUT2D eigenvalue weighted by Gasteiger charge is 2.33. The maximum absolute atomic E-state index is 12.4. The maximum Gasteiger partial charge on any atom is 0.317 e. The van der Waals surface area contributed by atoms with E-state index >= 15 is 0 Å². The summed E-state index contributed by atoms with van der Waals surface area (Å²) in [7, 11) is 1.63. The Balaban J connectivity index is 1.98. The number of amides is 2. The van der Waals surface area contributed by atoms with Gasteiger partial charge in [0.1, 0.15) is 6.10 Å². The zero-order valence-electron chi connectivity index (χ0n) is 13.8. The second kappa shape index (κ2) is 7.99. The molecule has 2 rings (SSSR count). The molecule has 0 unspecified atom stereocenters. The zero-order valence-corrected chi connectivity index (χ0v) is 14.6. The largest absolute Gasteiger partial charge is 0.396 e. The van der Waals surface area contributed by atoms with Crippen molar-refractivity contribution in [1.29, 1.82) is 0 Å². The molecule has 0 spiro atoms. The van der Waals surface area contributed by atoms with Crippen LogP contribution in [0.15, 0.2) is 24.3 Å². The van der Waals surface area contributed by atoms with Gasteiger partial charge in [0.05, 0.1) is 6.04 Å². The van der Waals surface area contributed by atoms with Crippen molar-refractivity contribution >= 4 is 17.6 Å². The number of aliphatic hydroxyl groups is 1. The smallest absolute Gasteiger partial charge is 0.317 e. The lowest BCUT2D eigenvalue weighted by atomic mass is 10.00. The van der Waals surface area contributed by atoms with Gasteiger partial charge in [-0.15, -0.1) is 0 Å². The molecule has 23 heavy (non-hydrogen) atoms. The third-order valence-electron chi connectivity index (χ3n) is 4.55. The predicted molar refractivity (Wildman–Crippen MR) is 90.5 cm³/mol. The standard InChI is InChI=1S/C17H25ClN2O3/c1-11-8-20(9-14(11)10-21)17(22)19-12(2)16(23-3)13-4-6-15(18)7-5-13/h4-7,11-12,14,16,21H,8-10H2,1-3H3,(H,19,22)/t11-,12+,14+,16+/m1/s1. The Labute approximate surface area is 142 Å². The fourth-order valence-corrected chi connectivity index (χ4v) is 3.21. The number of aliphatic hydroxyl groups excluding tert-OH is 1. The first-order valence-corrected chi connectivity index (χ1v) is 8.28. The van der Waals surface area contributed by atoms with Gasteiger partial charge < -0.3 is 20.1 Å². The molecule has 6 heteroatoms. The predicted octanol–water partition coefficient (Wildman–Crippen LogP) is 2.69. The van der Waals surface area contributed by atoms with Gasteiger partial charge in [0.2, 0.25) is 0 Å². The Morgan fingerprint density at radius 2 is 2.09 bits per heavy atom. The topological polar surface area (TPSA) is 61.8 Å². The first-order chi connectivity index (χ1) is 11.0. The molecule has 2 amide bonds. The molecule has 0 saturated carbocycles. The zero-order chi connectivity index (χ0) is 17.0. The van der Waals surface area contributed by atoms with Crippen LogP contribution in [0.2, 0.25) is 5.02 Å². The number of carbonyl (C=O) groups is 1. The number of hydrogen-bond acceptors (Lipinski definition) is 3. The number of ether oxygens (including phenoxy) is 1. The number of halogens is 1. The minimum atomic E-state index is -0.245. The van der Waals surface area contributed by atoms with E-state index in [0.29, 0.717) is 24.0 Å². The molecule has 1 aliphatic rings. The van der Waals surface area contributed by atoms with Crippen LogP contribution in [0.1, 0.15) is 25.5 Å². The van der Waals surface area contributed by atoms with Crippen LogP contribution >= 0.6 is 11.6 Å². The Morgan fingerprint density at radius 1 is 1.43 bits per heavy atom. The van der Waals surface area contributed by atoms with Crippen molar-refractivity contribution in [3.63, 3.8) is 0 Å². The quantitative estimate of drug-likeness (QED) is 0.866. The number of methoxy groups -OCH3 is 1. The van der Waals surface area contributed by atoms with Crippen molar-refractivity contribution in [1.82, 2.24) is 10.2 Å². The van der Waals surface area contributed by atoms with Crippen molar-refractivity contribution in [2.45, 2.75) is 26.0 Å². The first-order valence-electron chi connectivity index (χ1n) is 7.90. The summed E-state index contributed by atoms with van der Waals surface area (Å²) >= 11 is 5.91. The molecule has 1 aromatic carbocycles. The molecule has 0 aliphatic carbocycles. The van der Waals surface area contributed by atoms with Gasteiger partial charge in [-0.1, -0.05) is 30.7 Å². The van der Waals surface area contributed by atoms with Crippen LogP contribution < -0.4 is 5.32 Å². The van der Waals surface area contributed by atoms with Crippen LogP contribution in [-0.4, -0.2) is 48.9 Å². The molecule has 128 valence electrons. The lowest BCUT2D eigenvalue weighted by Crippen LogP contribution is -2.45. The minimum Gasteiger partial charge on any atom is -0.396 e. The number of likely N-dealkylation sites (tertiary alicyclic amines) is 1. The van der Waals surface area contributed by atoms with Crippen molar-refractivity contribution < 1.29 is 14.6 Å². The Morgan fingerprint density at radius 3 is 2.61 bits per heavy atom. The second-order valence-electron chi connectivity index (χ2n) is 6.27. The van der Waals surface area contributed by atoms with Crippen molar-refractivity contribution in [3.05, 3.63) is 34.9 Å². The summed E-state index contributed by atoms with van der Waals surface area (Å²) in [5, 5.41) is 13.0. The minimum absolute atomic E-state index is 0.115. The van der Waals surface area contributed by atoms with Crippen LogP contribution in [0.4, 0.5) is 4.79 Å². The van der Waals surface area contributed by atoms with Gasteiger partial charge in [0.15, 0.2) is 0 Å². The molecule has 1 aliphatic heterocycles. The van der Waals surface area contributed by atoms with E-state index in [9.17, 15) is 9.90 Å². The van der Waals surface area contributed by atoms with Gasteiger partial charge >= 0.3 is 6.03 Å². The summed E-state index contributed by atoms with van der Waals surface area (Å²) in [4.78, 5) is 14.2. The van der Waals surface area contributed by atoms with Crippen molar-refractivity contribution in [2.24, 2.45) is 11.8 Å². The van der Waals surface area contributed by atoms with E-state index in [0.717, 1.165) is 5.56 Å². The average molecular weight is 341 g/mol. The normalized spacial score (nSPS) is 23.6. The molecule has 0 bridgehead atoms. The van der Waals surface area contributed by atoms with E-state index in [1.54, 1.807) is 12.0 Å². The molecule has 4 atom stereocenters. The van der Waals surface area contributed by atoms with E-state index in [1.807, 2.05) is 31.2 Å². The summed E-state index contributed by atoms with van der Waals surface area (Å²) in [5.41, 5.74) is 0.965. The van der Waals surface area contributed by atoms with E-state index < -0.39 is 0 Å². The molecular weight excluding hydrogens is 316 g/mol. The molecule has 0 aromatic heterocycles. The fourth-order valence-electron chi connectivity index (χ4n) is 3.08. The number of rotatable bonds is 5. The van der Waals surface area contributed by atoms with Crippen molar-refractivity contribution in [3.8, 4) is 0 Å². The van der Waals surface area contributed by atoms with Crippen LogP contribution in [-0.2, 0) is 4.74 Å². The maximum atomic E-state index is 12.4. The molecule has 1 aromatic rings. The Hall–Kier alpha value is -1.30. The van der Waals surface area contributed by atoms with Crippen LogP contribution in [0.25, 0.3) is 0 Å². The van der Waals surface area contributed by atoms with Gasteiger partial charge in [-0.05, 0) is 30.5 Å². The molecule has 0 radical (unpaired) electrons. The third-order valence-corrected chi connectivity index (χ3v) is 4.80. The second-order valence-corrected chi connectivity index (χ2v) is 6.71. The number of nitrogens with zero attached hydrogens (tertiary/aromatic N) is 1. The average Bonchev–Trinajstić information content (AvgIpc) is 2.91. The van der Waals surface area contributed by atoms with Crippen LogP contribution in [0, 0.1) is 11.8 Å². The molecule has 1 saturated heterocycles. The van der Waals surface area contributed by atoms with E-state index in [1.165, 1.54) is 0 Å². The summed E-state index contributed by atoms with van der Waals surface area (Å²) in [6, 6.07) is 7.13. The Kier molecular flexibility index (Phi) is 6.27. The Bertz CT molecular complexity index is 523. The molecule has 1 heterocycles. The third kappa shape index (κ3) is 4.37. The van der Waals surface area contributed by atoms with Gasteiger partial charge in [-0.2, -0.15) is 0 Å². The number of hydrogen-bond donors (Lipinski definition) is 2. The summed E-state index contributed by atoms with van der Waals surface area (Å²) in [6.45, 7) is 5.36. The summed E-state index contributed by atoms with van der Waals surface area (Å²) in [5.74, 6) is 0.473. The van der Waals surface area contributed by atoms with Gasteiger partial charge in [0, 0.05) is 37.7 Å². The van der Waals surface area contributed by atoms with E-state index in [-0.39, 0.29) is 30.7 Å². The summed E-state index contributed by atoms with van der Waals surface area (Å²) < 4.78 is 5.55. The fraction of sp³-hybridized carbons (Fsp3) is 0.588.